The molecule has 1 unspecified atom stereocenters. The summed E-state index contributed by atoms with van der Waals surface area (Å²) < 4.78 is 29.1. The van der Waals surface area contributed by atoms with Gasteiger partial charge in [-0.1, -0.05) is 35.9 Å². The molecular formula is C30H29ClFNO7. The van der Waals surface area contributed by atoms with E-state index < -0.39 is 30.1 Å². The van der Waals surface area contributed by atoms with Crippen LogP contribution in [0.5, 0.6) is 0 Å². The Kier molecular flexibility index (Phi) is 10.4. The van der Waals surface area contributed by atoms with Crippen molar-refractivity contribution in [1.82, 2.24) is 0 Å². The molecule has 10 heteroatoms. The van der Waals surface area contributed by atoms with Gasteiger partial charge in [-0.25, -0.2) is 14.1 Å². The van der Waals surface area contributed by atoms with Gasteiger partial charge in [0, 0.05) is 18.1 Å². The maximum Gasteiger partial charge on any atom is 0.422 e. The lowest BCUT2D eigenvalue weighted by molar-refractivity contribution is -0.166. The summed E-state index contributed by atoms with van der Waals surface area (Å²) in [5.41, 5.74) is 2.42. The second-order valence-corrected chi connectivity index (χ2v) is 9.23. The van der Waals surface area contributed by atoms with Crippen molar-refractivity contribution >= 4 is 46.8 Å². The van der Waals surface area contributed by atoms with E-state index in [1.807, 2.05) is 19.1 Å². The molecule has 0 saturated heterocycles. The van der Waals surface area contributed by atoms with Crippen LogP contribution < -0.4 is 4.90 Å². The first kappa shape index (κ1) is 30.3. The monoisotopic (exact) mass is 569 g/mol. The Morgan fingerprint density at radius 1 is 0.875 bits per heavy atom. The molecule has 210 valence electrons. The van der Waals surface area contributed by atoms with Crippen molar-refractivity contribution in [3.63, 3.8) is 0 Å². The van der Waals surface area contributed by atoms with Crippen LogP contribution in [-0.4, -0.2) is 36.7 Å². The number of hydrogen-bond donors (Lipinski definition) is 0. The van der Waals surface area contributed by atoms with Gasteiger partial charge in [0.15, 0.2) is 5.78 Å². The van der Waals surface area contributed by atoms with E-state index in [2.05, 4.69) is 0 Å². The highest BCUT2D eigenvalue weighted by molar-refractivity contribution is 6.35. The zero-order chi connectivity index (χ0) is 29.4. The van der Waals surface area contributed by atoms with Crippen molar-refractivity contribution < 1.29 is 37.8 Å². The largest absolute Gasteiger partial charge is 0.466 e. The van der Waals surface area contributed by atoms with Crippen molar-refractivity contribution in [2.75, 3.05) is 11.5 Å². The molecule has 3 rings (SSSR count). The van der Waals surface area contributed by atoms with Crippen LogP contribution in [0, 0.1) is 19.7 Å². The Labute approximate surface area is 236 Å². The van der Waals surface area contributed by atoms with Crippen LogP contribution in [0.3, 0.4) is 0 Å². The molecule has 0 saturated carbocycles. The molecular weight excluding hydrogens is 541 g/mol. The second kappa shape index (κ2) is 13.7. The molecule has 3 aromatic carbocycles. The molecule has 0 aliphatic carbocycles. The van der Waals surface area contributed by atoms with Crippen LogP contribution in [0.25, 0.3) is 0 Å². The van der Waals surface area contributed by atoms with E-state index in [1.165, 1.54) is 43.3 Å². The summed E-state index contributed by atoms with van der Waals surface area (Å²) >= 11 is 6.52. The normalized spacial score (nSPS) is 11.3. The Morgan fingerprint density at radius 2 is 1.57 bits per heavy atom. The van der Waals surface area contributed by atoms with Crippen LogP contribution in [-0.2, 0) is 23.8 Å². The molecule has 0 aliphatic heterocycles. The minimum atomic E-state index is -1.32. The number of benzene rings is 3. The highest BCUT2D eigenvalue weighted by atomic mass is 35.5. The predicted molar refractivity (Wildman–Crippen MR) is 147 cm³/mol. The standard InChI is InChI=1S/C30H29ClFNO7/c1-5-38-27(34)14-15-28(35)39-20(4)40-30(37)33(26-13-10-21(32)16-19(26)3)22-11-12-24(25(31)17-22)29(36)23-9-7-6-8-18(23)2/h6-13,16-17,20H,5,14-15H2,1-4H3. The topological polar surface area (TPSA) is 99.2 Å². The summed E-state index contributed by atoms with van der Waals surface area (Å²) in [6, 6.07) is 15.3. The average Bonchev–Trinajstić information content (AvgIpc) is 2.89. The first-order valence-electron chi connectivity index (χ1n) is 12.5. The van der Waals surface area contributed by atoms with E-state index in [4.69, 9.17) is 25.8 Å². The SMILES string of the molecule is CCOC(=O)CCC(=O)OC(C)OC(=O)N(c1ccc(C(=O)c2ccccc2C)c(Cl)c1)c1ccc(F)cc1C. The third-order valence-electron chi connectivity index (χ3n) is 5.83. The average molecular weight is 570 g/mol. The van der Waals surface area contributed by atoms with Gasteiger partial charge in [0.2, 0.25) is 6.29 Å². The van der Waals surface area contributed by atoms with E-state index in [1.54, 1.807) is 26.0 Å². The minimum absolute atomic E-state index is 0.0850. The Morgan fingerprint density at radius 3 is 2.23 bits per heavy atom. The van der Waals surface area contributed by atoms with E-state index >= 15 is 0 Å². The first-order chi connectivity index (χ1) is 19.0. The maximum atomic E-state index is 13.9. The van der Waals surface area contributed by atoms with Crippen molar-refractivity contribution in [3.8, 4) is 0 Å². The number of nitrogens with zero attached hydrogens (tertiary/aromatic N) is 1. The minimum Gasteiger partial charge on any atom is -0.466 e. The zero-order valence-electron chi connectivity index (χ0n) is 22.5. The van der Waals surface area contributed by atoms with Gasteiger partial charge in [-0.05, 0) is 68.3 Å². The van der Waals surface area contributed by atoms with E-state index in [-0.39, 0.29) is 47.2 Å². The number of hydrogen-bond acceptors (Lipinski definition) is 7. The van der Waals surface area contributed by atoms with Crippen molar-refractivity contribution in [1.29, 1.82) is 0 Å². The van der Waals surface area contributed by atoms with Crippen LogP contribution >= 0.6 is 11.6 Å². The molecule has 3 aromatic rings. The number of anilines is 2. The third kappa shape index (κ3) is 7.66. The Bertz CT molecular complexity index is 1420. The number of rotatable bonds is 10. The molecule has 8 nitrogen and oxygen atoms in total. The summed E-state index contributed by atoms with van der Waals surface area (Å²) in [5, 5.41) is 0.0850. The molecule has 0 bridgehead atoms. The van der Waals surface area contributed by atoms with Gasteiger partial charge >= 0.3 is 18.0 Å². The molecule has 0 aromatic heterocycles. The number of aryl methyl sites for hydroxylation is 2. The molecule has 1 amide bonds. The highest BCUT2D eigenvalue weighted by Gasteiger charge is 2.26. The molecule has 0 spiro atoms. The lowest BCUT2D eigenvalue weighted by Gasteiger charge is -2.26. The molecule has 0 heterocycles. The van der Waals surface area contributed by atoms with Gasteiger partial charge in [-0.3, -0.25) is 14.4 Å². The Hall–Kier alpha value is -4.24. The second-order valence-electron chi connectivity index (χ2n) is 8.82. The van der Waals surface area contributed by atoms with Crippen molar-refractivity contribution in [2.45, 2.75) is 46.8 Å². The predicted octanol–water partition coefficient (Wildman–Crippen LogP) is 6.83. The first-order valence-corrected chi connectivity index (χ1v) is 12.9. The fourth-order valence-electron chi connectivity index (χ4n) is 3.91. The fourth-order valence-corrected chi connectivity index (χ4v) is 4.17. The number of ketones is 1. The summed E-state index contributed by atoms with van der Waals surface area (Å²) in [6.07, 6.45) is -2.70. The number of ether oxygens (including phenoxy) is 3. The molecule has 1 atom stereocenters. The highest BCUT2D eigenvalue weighted by Crippen LogP contribution is 2.34. The number of carbonyl (C=O) groups is 4. The number of carbonyl (C=O) groups excluding carboxylic acids is 4. The molecule has 0 N–H and O–H groups in total. The van der Waals surface area contributed by atoms with Gasteiger partial charge in [0.25, 0.3) is 0 Å². The van der Waals surface area contributed by atoms with E-state index in [0.717, 1.165) is 10.5 Å². The van der Waals surface area contributed by atoms with Gasteiger partial charge < -0.3 is 14.2 Å². The molecule has 0 radical (unpaired) electrons. The van der Waals surface area contributed by atoms with E-state index in [0.29, 0.717) is 11.1 Å². The number of halogens is 2. The lowest BCUT2D eigenvalue weighted by Crippen LogP contribution is -2.32. The third-order valence-corrected chi connectivity index (χ3v) is 6.14. The molecule has 40 heavy (non-hydrogen) atoms. The smallest absolute Gasteiger partial charge is 0.422 e. The van der Waals surface area contributed by atoms with E-state index in [9.17, 15) is 23.6 Å². The molecule has 0 aliphatic rings. The quantitative estimate of drug-likeness (QED) is 0.150. The summed E-state index contributed by atoms with van der Waals surface area (Å²) in [6.45, 7) is 6.60. The van der Waals surface area contributed by atoms with Gasteiger partial charge in [0.05, 0.1) is 35.8 Å². The van der Waals surface area contributed by atoms with Crippen molar-refractivity contribution in [3.05, 3.63) is 93.8 Å². The van der Waals surface area contributed by atoms with Gasteiger partial charge in [0.1, 0.15) is 5.82 Å². The van der Waals surface area contributed by atoms with Crippen LogP contribution in [0.4, 0.5) is 20.6 Å². The molecule has 0 fully saturated rings. The van der Waals surface area contributed by atoms with Gasteiger partial charge in [-0.2, -0.15) is 0 Å². The van der Waals surface area contributed by atoms with Crippen LogP contribution in [0.2, 0.25) is 5.02 Å². The summed E-state index contributed by atoms with van der Waals surface area (Å²) in [5.74, 6) is -2.11. The van der Waals surface area contributed by atoms with Gasteiger partial charge in [-0.15, -0.1) is 0 Å². The number of esters is 2. The number of amides is 1. The zero-order valence-corrected chi connectivity index (χ0v) is 23.3. The lowest BCUT2D eigenvalue weighted by atomic mass is 9.99. The maximum absolute atomic E-state index is 13.9. The van der Waals surface area contributed by atoms with Crippen LogP contribution in [0.1, 0.15) is 53.7 Å². The fraction of sp³-hybridized carbons (Fsp3) is 0.267. The Balaban J connectivity index is 1.87. The van der Waals surface area contributed by atoms with Crippen LogP contribution in [0.15, 0.2) is 60.7 Å². The van der Waals surface area contributed by atoms with Crippen molar-refractivity contribution in [2.24, 2.45) is 0 Å². The summed E-state index contributed by atoms with van der Waals surface area (Å²) in [7, 11) is 0. The summed E-state index contributed by atoms with van der Waals surface area (Å²) in [4.78, 5) is 51.2.